The van der Waals surface area contributed by atoms with Gasteiger partial charge < -0.3 is 0 Å². The average molecular weight is 236 g/mol. The summed E-state index contributed by atoms with van der Waals surface area (Å²) in [5.74, 6) is 0. The third-order valence-electron chi connectivity index (χ3n) is 1.35. The van der Waals surface area contributed by atoms with Gasteiger partial charge in [-0.05, 0) is 12.1 Å². The molecule has 0 unspecified atom stereocenters. The Hall–Kier alpha value is -1.28. The molecule has 0 radical (unpaired) electrons. The van der Waals surface area contributed by atoms with Crippen molar-refractivity contribution in [3.05, 3.63) is 24.3 Å². The van der Waals surface area contributed by atoms with E-state index in [0.717, 1.165) is 0 Å². The normalized spacial score (nSPS) is 10.4. The van der Waals surface area contributed by atoms with Crippen molar-refractivity contribution in [3.63, 3.8) is 0 Å². The Balaban J connectivity index is 3.02. The molecule has 0 spiro atoms. The van der Waals surface area contributed by atoms with Gasteiger partial charge in [-0.1, -0.05) is 12.1 Å². The Labute approximate surface area is 84.1 Å². The van der Waals surface area contributed by atoms with Crippen molar-refractivity contribution >= 4 is 33.2 Å². The molecule has 0 aromatic heterocycles. The molecular formula is C6H8N2O4S2. The van der Waals surface area contributed by atoms with E-state index in [1.54, 1.807) is 12.1 Å². The fraction of sp³-hybridized carbons (Fsp3) is 0. The van der Waals surface area contributed by atoms with Gasteiger partial charge in [-0.2, -0.15) is 0 Å². The van der Waals surface area contributed by atoms with E-state index < -0.39 is 21.8 Å². The first kappa shape index (κ1) is 10.8. The van der Waals surface area contributed by atoms with E-state index in [2.05, 4.69) is 9.44 Å². The molecule has 1 rings (SSSR count). The first-order valence-electron chi connectivity index (χ1n) is 3.50. The summed E-state index contributed by atoms with van der Waals surface area (Å²) in [4.78, 5) is 0. The van der Waals surface area contributed by atoms with E-state index in [1.807, 2.05) is 0 Å². The SMILES string of the molecule is O=[SH](=O)Nc1ccccc1N[SH](=O)=O. The van der Waals surface area contributed by atoms with Crippen LogP contribution < -0.4 is 9.44 Å². The first-order chi connectivity index (χ1) is 6.59. The predicted molar refractivity (Wildman–Crippen MR) is 54.3 cm³/mol. The molecule has 0 atom stereocenters. The van der Waals surface area contributed by atoms with Crippen LogP contribution in [0.5, 0.6) is 0 Å². The van der Waals surface area contributed by atoms with Crippen LogP contribution in [0.4, 0.5) is 11.4 Å². The van der Waals surface area contributed by atoms with Crippen LogP contribution in [0.25, 0.3) is 0 Å². The molecule has 78 valence electrons. The monoisotopic (exact) mass is 236 g/mol. The molecule has 8 heteroatoms. The topological polar surface area (TPSA) is 92.3 Å². The lowest BCUT2D eigenvalue weighted by atomic mass is 10.3. The number of nitrogens with one attached hydrogen (secondary N) is 2. The van der Waals surface area contributed by atoms with Crippen LogP contribution in [-0.2, 0) is 21.8 Å². The van der Waals surface area contributed by atoms with Crippen molar-refractivity contribution < 1.29 is 16.8 Å². The molecule has 6 nitrogen and oxygen atoms in total. The third-order valence-corrected chi connectivity index (χ3v) is 2.20. The van der Waals surface area contributed by atoms with Crippen LogP contribution in [0.3, 0.4) is 0 Å². The summed E-state index contributed by atoms with van der Waals surface area (Å²) in [6.07, 6.45) is 0. The van der Waals surface area contributed by atoms with Crippen LogP contribution in [-0.4, -0.2) is 16.8 Å². The van der Waals surface area contributed by atoms with Gasteiger partial charge in [0.05, 0.1) is 11.4 Å². The molecule has 1 aromatic rings. The largest absolute Gasteiger partial charge is 0.284 e. The molecule has 0 saturated heterocycles. The molecule has 0 saturated carbocycles. The van der Waals surface area contributed by atoms with E-state index in [4.69, 9.17) is 0 Å². The van der Waals surface area contributed by atoms with Gasteiger partial charge in [0.25, 0.3) is 0 Å². The van der Waals surface area contributed by atoms with Gasteiger partial charge in [0, 0.05) is 0 Å². The van der Waals surface area contributed by atoms with Gasteiger partial charge >= 0.3 is 0 Å². The minimum Gasteiger partial charge on any atom is -0.284 e. The Morgan fingerprint density at radius 2 is 1.14 bits per heavy atom. The number of rotatable bonds is 4. The third kappa shape index (κ3) is 3.23. The van der Waals surface area contributed by atoms with Gasteiger partial charge in [-0.15, -0.1) is 0 Å². The lowest BCUT2D eigenvalue weighted by Gasteiger charge is -2.05. The molecule has 0 heterocycles. The minimum absolute atomic E-state index is 0.197. The average Bonchev–Trinajstić information content (AvgIpc) is 2.06. The summed E-state index contributed by atoms with van der Waals surface area (Å²) in [5, 5.41) is 0. The van der Waals surface area contributed by atoms with E-state index in [1.165, 1.54) is 12.1 Å². The summed E-state index contributed by atoms with van der Waals surface area (Å²) in [6, 6.07) is 6.08. The Kier molecular flexibility index (Phi) is 3.72. The van der Waals surface area contributed by atoms with Crippen LogP contribution in [0, 0.1) is 0 Å². The second-order valence-corrected chi connectivity index (χ2v) is 3.76. The number of hydrogen-bond acceptors (Lipinski definition) is 4. The lowest BCUT2D eigenvalue weighted by molar-refractivity contribution is 0.617. The highest BCUT2D eigenvalue weighted by atomic mass is 32.2. The van der Waals surface area contributed by atoms with Crippen molar-refractivity contribution in [2.75, 3.05) is 9.44 Å². The van der Waals surface area contributed by atoms with Crippen molar-refractivity contribution in [2.24, 2.45) is 0 Å². The van der Waals surface area contributed by atoms with Crippen LogP contribution in [0.2, 0.25) is 0 Å². The number of anilines is 2. The van der Waals surface area contributed by atoms with E-state index in [-0.39, 0.29) is 11.4 Å². The fourth-order valence-electron chi connectivity index (χ4n) is 0.875. The van der Waals surface area contributed by atoms with Gasteiger partial charge in [0.1, 0.15) is 0 Å². The zero-order chi connectivity index (χ0) is 10.6. The maximum atomic E-state index is 10.4. The van der Waals surface area contributed by atoms with E-state index >= 15 is 0 Å². The molecule has 0 aliphatic heterocycles. The molecule has 0 aliphatic carbocycles. The molecule has 1 aromatic carbocycles. The van der Waals surface area contributed by atoms with E-state index in [0.29, 0.717) is 0 Å². The minimum atomic E-state index is -2.80. The summed E-state index contributed by atoms with van der Waals surface area (Å²) in [7, 11) is -5.61. The van der Waals surface area contributed by atoms with Crippen molar-refractivity contribution in [1.82, 2.24) is 0 Å². The molecule has 0 bridgehead atoms. The second-order valence-electron chi connectivity index (χ2n) is 2.28. The predicted octanol–water partition coefficient (Wildman–Crippen LogP) is -0.437. The van der Waals surface area contributed by atoms with Crippen molar-refractivity contribution in [1.29, 1.82) is 0 Å². The summed E-state index contributed by atoms with van der Waals surface area (Å²) >= 11 is 0. The molecule has 2 N–H and O–H groups in total. The Morgan fingerprint density at radius 1 is 0.786 bits per heavy atom. The molecule has 0 amide bonds. The van der Waals surface area contributed by atoms with Gasteiger partial charge in [-0.3, -0.25) is 9.44 Å². The van der Waals surface area contributed by atoms with Crippen LogP contribution in [0.15, 0.2) is 24.3 Å². The highest BCUT2D eigenvalue weighted by Crippen LogP contribution is 2.20. The zero-order valence-corrected chi connectivity index (χ0v) is 8.63. The maximum absolute atomic E-state index is 10.4. The van der Waals surface area contributed by atoms with Crippen molar-refractivity contribution in [3.8, 4) is 0 Å². The summed E-state index contributed by atoms with van der Waals surface area (Å²) < 4.78 is 45.6. The molecule has 0 fully saturated rings. The second kappa shape index (κ2) is 4.82. The first-order valence-corrected chi connectivity index (χ1v) is 5.86. The number of hydrogen-bond donors (Lipinski definition) is 4. The highest BCUT2D eigenvalue weighted by molar-refractivity contribution is 7.74. The van der Waals surface area contributed by atoms with Crippen molar-refractivity contribution in [2.45, 2.75) is 0 Å². The lowest BCUT2D eigenvalue weighted by Crippen LogP contribution is -2.01. The molecule has 14 heavy (non-hydrogen) atoms. The Bertz CT molecular complexity index is 408. The molecule has 0 aliphatic rings. The quantitative estimate of drug-likeness (QED) is 0.533. The van der Waals surface area contributed by atoms with E-state index in [9.17, 15) is 16.8 Å². The number of para-hydroxylation sites is 2. The van der Waals surface area contributed by atoms with Gasteiger partial charge in [0.15, 0.2) is 0 Å². The maximum Gasteiger partial charge on any atom is 0.222 e. The molecular weight excluding hydrogens is 228 g/mol. The fourth-order valence-corrected chi connectivity index (χ4v) is 1.66. The Morgan fingerprint density at radius 3 is 1.43 bits per heavy atom. The van der Waals surface area contributed by atoms with Gasteiger partial charge in [0.2, 0.25) is 21.8 Å². The smallest absolute Gasteiger partial charge is 0.222 e. The standard InChI is InChI=1S/C6H8N2O4S2/c9-13(10)7-5-3-1-2-4-6(5)8-14(11)12/h1-4,13-14H,(H,7,9,10)(H,8,11,12). The summed E-state index contributed by atoms with van der Waals surface area (Å²) in [5.41, 5.74) is 0.394. The van der Waals surface area contributed by atoms with Crippen LogP contribution >= 0.6 is 0 Å². The highest BCUT2D eigenvalue weighted by Gasteiger charge is 2.00. The number of thiol groups is 2. The summed E-state index contributed by atoms with van der Waals surface area (Å²) in [6.45, 7) is 0. The zero-order valence-electron chi connectivity index (χ0n) is 6.84. The van der Waals surface area contributed by atoms with Crippen LogP contribution in [0.1, 0.15) is 0 Å². The number of benzene rings is 1. The van der Waals surface area contributed by atoms with Gasteiger partial charge in [-0.25, -0.2) is 16.8 Å².